The molecule has 1 aliphatic rings. The lowest BCUT2D eigenvalue weighted by Crippen LogP contribution is -2.28. The van der Waals surface area contributed by atoms with E-state index in [1.807, 2.05) is 53.6 Å². The monoisotopic (exact) mass is 263 g/mol. The molecule has 1 aliphatic heterocycles. The van der Waals surface area contributed by atoms with E-state index in [1.165, 1.54) is 0 Å². The van der Waals surface area contributed by atoms with E-state index in [0.29, 0.717) is 0 Å². The van der Waals surface area contributed by atoms with Gasteiger partial charge in [0.1, 0.15) is 0 Å². The molecule has 3 rings (SSSR count). The van der Waals surface area contributed by atoms with Gasteiger partial charge in [0.15, 0.2) is 0 Å². The van der Waals surface area contributed by atoms with Crippen LogP contribution in [-0.4, -0.2) is 10.8 Å². The van der Waals surface area contributed by atoms with E-state index in [1.54, 1.807) is 0 Å². The largest absolute Gasteiger partial charge is 0.308 e. The lowest BCUT2D eigenvalue weighted by molar-refractivity contribution is 0.0779. The normalized spacial score (nSPS) is 15.7. The van der Waals surface area contributed by atoms with Crippen LogP contribution < -0.4 is 0 Å². The van der Waals surface area contributed by atoms with Crippen LogP contribution in [0.3, 0.4) is 0 Å². The van der Waals surface area contributed by atoms with Gasteiger partial charge >= 0.3 is 0 Å². The minimum absolute atomic E-state index is 0.0334. The molecule has 1 unspecified atom stereocenters. The van der Waals surface area contributed by atoms with Crippen LogP contribution in [0.2, 0.25) is 0 Å². The fourth-order valence-electron chi connectivity index (χ4n) is 2.60. The maximum Gasteiger partial charge on any atom is 0.258 e. The van der Waals surface area contributed by atoms with Crippen LogP contribution in [-0.2, 0) is 6.42 Å². The molecule has 0 saturated heterocycles. The van der Waals surface area contributed by atoms with Crippen molar-refractivity contribution in [3.63, 3.8) is 0 Å². The SMILES string of the molecule is CC(c1ccccc1)N1C=CCc2ccccc2C1=O. The number of carbonyl (C=O) groups is 1. The Balaban J connectivity index is 1.97. The Hall–Kier alpha value is -2.35. The zero-order valence-corrected chi connectivity index (χ0v) is 11.5. The molecule has 2 aromatic rings. The van der Waals surface area contributed by atoms with Gasteiger partial charge < -0.3 is 4.90 Å². The second-order valence-corrected chi connectivity index (χ2v) is 5.05. The van der Waals surface area contributed by atoms with Gasteiger partial charge in [-0.3, -0.25) is 4.79 Å². The summed E-state index contributed by atoms with van der Waals surface area (Å²) in [5.41, 5.74) is 3.04. The molecule has 1 heterocycles. The average molecular weight is 263 g/mol. The van der Waals surface area contributed by atoms with Gasteiger partial charge in [0.05, 0.1) is 6.04 Å². The van der Waals surface area contributed by atoms with Crippen LogP contribution in [0.1, 0.15) is 34.5 Å². The number of allylic oxidation sites excluding steroid dienone is 1. The molecule has 100 valence electrons. The number of hydrogen-bond donors (Lipinski definition) is 0. The highest BCUT2D eigenvalue weighted by Gasteiger charge is 2.24. The maximum absolute atomic E-state index is 12.7. The highest BCUT2D eigenvalue weighted by molar-refractivity contribution is 5.97. The predicted molar refractivity (Wildman–Crippen MR) is 80.3 cm³/mol. The number of carbonyl (C=O) groups excluding carboxylic acids is 1. The maximum atomic E-state index is 12.7. The summed E-state index contributed by atoms with van der Waals surface area (Å²) in [4.78, 5) is 14.5. The Labute approximate surface area is 119 Å². The number of rotatable bonds is 2. The van der Waals surface area contributed by atoms with E-state index in [9.17, 15) is 4.79 Å². The minimum Gasteiger partial charge on any atom is -0.308 e. The Morgan fingerprint density at radius 3 is 2.50 bits per heavy atom. The second kappa shape index (κ2) is 5.33. The third-order valence-corrected chi connectivity index (χ3v) is 3.79. The Morgan fingerprint density at radius 2 is 1.70 bits per heavy atom. The van der Waals surface area contributed by atoms with Crippen LogP contribution in [0, 0.1) is 0 Å². The predicted octanol–water partition coefficient (Wildman–Crippen LogP) is 3.96. The molecule has 0 bridgehead atoms. The molecule has 0 aromatic heterocycles. The topological polar surface area (TPSA) is 20.3 Å². The van der Waals surface area contributed by atoms with Crippen LogP contribution in [0.15, 0.2) is 66.9 Å². The molecule has 0 spiro atoms. The van der Waals surface area contributed by atoms with Gasteiger partial charge in [-0.15, -0.1) is 0 Å². The van der Waals surface area contributed by atoms with Crippen molar-refractivity contribution in [1.29, 1.82) is 0 Å². The lowest BCUT2D eigenvalue weighted by atomic mass is 10.0. The zero-order valence-electron chi connectivity index (χ0n) is 11.5. The average Bonchev–Trinajstić information content (AvgIpc) is 2.67. The van der Waals surface area contributed by atoms with Gasteiger partial charge in [0, 0.05) is 11.8 Å². The summed E-state index contributed by atoms with van der Waals surface area (Å²) in [6, 6.07) is 18.0. The van der Waals surface area contributed by atoms with Gasteiger partial charge in [-0.2, -0.15) is 0 Å². The van der Waals surface area contributed by atoms with E-state index >= 15 is 0 Å². The molecule has 2 heteroatoms. The molecule has 0 N–H and O–H groups in total. The van der Waals surface area contributed by atoms with Crippen LogP contribution >= 0.6 is 0 Å². The Morgan fingerprint density at radius 1 is 1.00 bits per heavy atom. The van der Waals surface area contributed by atoms with Crippen molar-refractivity contribution >= 4 is 5.91 Å². The van der Waals surface area contributed by atoms with Crippen molar-refractivity contribution in [3.8, 4) is 0 Å². The summed E-state index contributed by atoms with van der Waals surface area (Å²) in [7, 11) is 0. The summed E-state index contributed by atoms with van der Waals surface area (Å²) in [6.07, 6.45) is 4.78. The first-order valence-corrected chi connectivity index (χ1v) is 6.89. The Kier molecular flexibility index (Phi) is 3.38. The summed E-state index contributed by atoms with van der Waals surface area (Å²) in [5.74, 6) is 0.0747. The first-order valence-electron chi connectivity index (χ1n) is 6.89. The van der Waals surface area contributed by atoms with Crippen molar-refractivity contribution in [2.24, 2.45) is 0 Å². The van der Waals surface area contributed by atoms with E-state index in [-0.39, 0.29) is 11.9 Å². The van der Waals surface area contributed by atoms with E-state index in [0.717, 1.165) is 23.1 Å². The number of nitrogens with zero attached hydrogens (tertiary/aromatic N) is 1. The van der Waals surface area contributed by atoms with Gasteiger partial charge in [-0.1, -0.05) is 54.6 Å². The van der Waals surface area contributed by atoms with Crippen LogP contribution in [0.5, 0.6) is 0 Å². The third kappa shape index (κ3) is 2.25. The molecular formula is C18H17NO. The molecule has 1 amide bonds. The number of fused-ring (bicyclic) bond motifs is 1. The van der Waals surface area contributed by atoms with E-state index in [4.69, 9.17) is 0 Å². The zero-order chi connectivity index (χ0) is 13.9. The number of amides is 1. The summed E-state index contributed by atoms with van der Waals surface area (Å²) < 4.78 is 0. The van der Waals surface area contributed by atoms with Gasteiger partial charge in [0.2, 0.25) is 0 Å². The molecule has 2 aromatic carbocycles. The van der Waals surface area contributed by atoms with Gasteiger partial charge in [0.25, 0.3) is 5.91 Å². The summed E-state index contributed by atoms with van der Waals surface area (Å²) in [6.45, 7) is 2.06. The quantitative estimate of drug-likeness (QED) is 0.803. The number of benzene rings is 2. The van der Waals surface area contributed by atoms with Gasteiger partial charge in [-0.25, -0.2) is 0 Å². The second-order valence-electron chi connectivity index (χ2n) is 5.05. The van der Waals surface area contributed by atoms with Crippen molar-refractivity contribution in [3.05, 3.63) is 83.6 Å². The standard InChI is InChI=1S/C18H17NO/c1-14(15-8-3-2-4-9-15)19-13-7-11-16-10-5-6-12-17(16)18(19)20/h2-10,12-14H,11H2,1H3. The van der Waals surface area contributed by atoms with Crippen molar-refractivity contribution in [2.75, 3.05) is 0 Å². The third-order valence-electron chi connectivity index (χ3n) is 3.79. The molecule has 0 fully saturated rings. The van der Waals surface area contributed by atoms with Crippen molar-refractivity contribution in [1.82, 2.24) is 4.90 Å². The molecule has 2 nitrogen and oxygen atoms in total. The highest BCUT2D eigenvalue weighted by atomic mass is 16.2. The Bertz CT molecular complexity index is 645. The molecular weight excluding hydrogens is 246 g/mol. The lowest BCUT2D eigenvalue weighted by Gasteiger charge is -2.26. The first-order chi connectivity index (χ1) is 9.77. The smallest absolute Gasteiger partial charge is 0.258 e. The highest BCUT2D eigenvalue weighted by Crippen LogP contribution is 2.26. The van der Waals surface area contributed by atoms with Gasteiger partial charge in [-0.05, 0) is 30.5 Å². The number of hydrogen-bond acceptors (Lipinski definition) is 1. The molecule has 20 heavy (non-hydrogen) atoms. The minimum atomic E-state index is 0.0334. The van der Waals surface area contributed by atoms with Crippen LogP contribution in [0.25, 0.3) is 0 Å². The molecule has 0 saturated carbocycles. The van der Waals surface area contributed by atoms with Crippen molar-refractivity contribution < 1.29 is 4.79 Å². The fraction of sp³-hybridized carbons (Fsp3) is 0.167. The first kappa shape index (κ1) is 12.7. The summed E-state index contributed by atoms with van der Waals surface area (Å²) in [5, 5.41) is 0. The van der Waals surface area contributed by atoms with Crippen molar-refractivity contribution in [2.45, 2.75) is 19.4 Å². The molecule has 0 radical (unpaired) electrons. The van der Waals surface area contributed by atoms with E-state index in [2.05, 4.69) is 25.1 Å². The fourth-order valence-corrected chi connectivity index (χ4v) is 2.60. The molecule has 1 atom stereocenters. The van der Waals surface area contributed by atoms with Crippen LogP contribution in [0.4, 0.5) is 0 Å². The molecule has 0 aliphatic carbocycles. The summed E-state index contributed by atoms with van der Waals surface area (Å²) >= 11 is 0. The van der Waals surface area contributed by atoms with E-state index < -0.39 is 0 Å².